The van der Waals surface area contributed by atoms with Crippen LogP contribution < -0.4 is 5.32 Å². The molecule has 164 valence electrons. The van der Waals surface area contributed by atoms with Gasteiger partial charge in [-0.1, -0.05) is 17.3 Å². The van der Waals surface area contributed by atoms with Gasteiger partial charge in [0.2, 0.25) is 11.8 Å². The Morgan fingerprint density at radius 3 is 2.50 bits per heavy atom. The number of carbonyl (C=O) groups excluding carboxylic acids is 1. The maximum atomic E-state index is 14.6. The normalized spacial score (nSPS) is 11.2. The zero-order chi connectivity index (χ0) is 22.8. The lowest BCUT2D eigenvalue weighted by Crippen LogP contribution is -2.06. The highest BCUT2D eigenvalue weighted by molar-refractivity contribution is 5.89. The molecule has 0 saturated heterocycles. The summed E-state index contributed by atoms with van der Waals surface area (Å²) in [4.78, 5) is 11.2. The molecule has 8 nitrogen and oxygen atoms in total. The highest BCUT2D eigenvalue weighted by atomic mass is 19.3. The Hall–Kier alpha value is -4.09. The minimum Gasteiger partial charge on any atom is -0.415 e. The highest BCUT2D eigenvalue weighted by Crippen LogP contribution is 2.27. The SMILES string of the molecule is CC(=O)Nc1cccc(-c2cn(Cc3c(F)cc(-c4nnc(C(F)F)o4)cc3F)nn2)c1. The van der Waals surface area contributed by atoms with Crippen LogP contribution in [-0.4, -0.2) is 31.1 Å². The summed E-state index contributed by atoms with van der Waals surface area (Å²) in [6, 6.07) is 8.67. The third-order valence-corrected chi connectivity index (χ3v) is 4.35. The molecule has 2 heterocycles. The van der Waals surface area contributed by atoms with Crippen molar-refractivity contribution in [1.82, 2.24) is 25.2 Å². The summed E-state index contributed by atoms with van der Waals surface area (Å²) in [5, 5.41) is 17.1. The van der Waals surface area contributed by atoms with Crippen LogP contribution in [0.25, 0.3) is 22.7 Å². The summed E-state index contributed by atoms with van der Waals surface area (Å²) < 4.78 is 60.3. The van der Waals surface area contributed by atoms with Gasteiger partial charge in [-0.25, -0.2) is 13.5 Å². The van der Waals surface area contributed by atoms with Gasteiger partial charge in [0, 0.05) is 29.3 Å². The van der Waals surface area contributed by atoms with E-state index in [4.69, 9.17) is 4.42 Å². The van der Waals surface area contributed by atoms with Gasteiger partial charge >= 0.3 is 6.43 Å². The molecule has 32 heavy (non-hydrogen) atoms. The summed E-state index contributed by atoms with van der Waals surface area (Å²) in [7, 11) is 0. The molecule has 12 heteroatoms. The minimum atomic E-state index is -2.99. The lowest BCUT2D eigenvalue weighted by molar-refractivity contribution is -0.114. The molecule has 1 N–H and O–H groups in total. The number of anilines is 1. The number of carbonyl (C=O) groups is 1. The fraction of sp³-hybridized carbons (Fsp3) is 0.150. The average molecular weight is 446 g/mol. The number of halogens is 4. The second-order valence-electron chi connectivity index (χ2n) is 6.73. The summed E-state index contributed by atoms with van der Waals surface area (Å²) >= 11 is 0. The molecule has 0 aliphatic carbocycles. The monoisotopic (exact) mass is 446 g/mol. The van der Waals surface area contributed by atoms with Gasteiger partial charge in [0.1, 0.15) is 17.3 Å². The van der Waals surface area contributed by atoms with Gasteiger partial charge in [-0.3, -0.25) is 4.79 Å². The van der Waals surface area contributed by atoms with Crippen molar-refractivity contribution in [3.63, 3.8) is 0 Å². The smallest absolute Gasteiger partial charge is 0.314 e. The standard InChI is InChI=1S/C20H14F4N6O2/c1-10(31)25-13-4-2-3-11(5-13)17-9-30(29-26-17)8-14-15(21)6-12(7-16(14)22)19-27-28-20(32-19)18(23)24/h2-7,9,18H,8H2,1H3,(H,25,31). The van der Waals surface area contributed by atoms with E-state index in [0.717, 1.165) is 12.1 Å². The van der Waals surface area contributed by atoms with Gasteiger partial charge in [0.05, 0.1) is 12.7 Å². The van der Waals surface area contributed by atoms with Crippen LogP contribution >= 0.6 is 0 Å². The molecule has 0 atom stereocenters. The van der Waals surface area contributed by atoms with E-state index in [2.05, 4.69) is 25.8 Å². The number of nitrogens with zero attached hydrogens (tertiary/aromatic N) is 5. The first-order chi connectivity index (χ1) is 15.3. The van der Waals surface area contributed by atoms with E-state index in [0.29, 0.717) is 16.9 Å². The highest BCUT2D eigenvalue weighted by Gasteiger charge is 2.20. The molecule has 0 aliphatic heterocycles. The van der Waals surface area contributed by atoms with E-state index in [1.807, 2.05) is 0 Å². The molecule has 0 bridgehead atoms. The Bertz CT molecular complexity index is 1260. The molecule has 2 aromatic heterocycles. The minimum absolute atomic E-state index is 0.169. The molecule has 4 aromatic rings. The third kappa shape index (κ3) is 4.48. The Kier molecular flexibility index (Phi) is 5.67. The van der Waals surface area contributed by atoms with Gasteiger partial charge in [0.15, 0.2) is 0 Å². The topological polar surface area (TPSA) is 98.7 Å². The first-order valence-electron chi connectivity index (χ1n) is 9.18. The van der Waals surface area contributed by atoms with Crippen LogP contribution in [0.4, 0.5) is 23.2 Å². The van der Waals surface area contributed by atoms with E-state index in [1.165, 1.54) is 17.8 Å². The van der Waals surface area contributed by atoms with Gasteiger partial charge in [-0.05, 0) is 24.3 Å². The first-order valence-corrected chi connectivity index (χ1v) is 9.18. The van der Waals surface area contributed by atoms with Crippen molar-refractivity contribution >= 4 is 11.6 Å². The quantitative estimate of drug-likeness (QED) is 0.446. The van der Waals surface area contributed by atoms with Crippen LogP contribution in [0.1, 0.15) is 24.8 Å². The molecule has 2 aromatic carbocycles. The van der Waals surface area contributed by atoms with Gasteiger partial charge in [0.25, 0.3) is 5.89 Å². The molecule has 0 spiro atoms. The number of aromatic nitrogens is 5. The van der Waals surface area contributed by atoms with Crippen molar-refractivity contribution in [3.8, 4) is 22.7 Å². The van der Waals surface area contributed by atoms with Crippen molar-refractivity contribution in [3.05, 3.63) is 65.7 Å². The van der Waals surface area contributed by atoms with E-state index >= 15 is 0 Å². The molecule has 0 saturated carbocycles. The van der Waals surface area contributed by atoms with E-state index in [9.17, 15) is 22.4 Å². The Balaban J connectivity index is 1.56. The predicted molar refractivity (Wildman–Crippen MR) is 103 cm³/mol. The zero-order valence-corrected chi connectivity index (χ0v) is 16.4. The van der Waals surface area contributed by atoms with Gasteiger partial charge in [-0.2, -0.15) is 8.78 Å². The summed E-state index contributed by atoms with van der Waals surface area (Å²) in [5.74, 6) is -3.48. The Labute approximate surface area is 177 Å². The van der Waals surface area contributed by atoms with E-state index in [1.54, 1.807) is 24.3 Å². The lowest BCUT2D eigenvalue weighted by Gasteiger charge is -2.06. The van der Waals surface area contributed by atoms with Crippen LogP contribution in [0.3, 0.4) is 0 Å². The fourth-order valence-corrected chi connectivity index (χ4v) is 2.95. The molecular formula is C20H14F4N6O2. The van der Waals surface area contributed by atoms with Crippen molar-refractivity contribution in [2.45, 2.75) is 19.9 Å². The van der Waals surface area contributed by atoms with E-state index in [-0.39, 0.29) is 23.6 Å². The van der Waals surface area contributed by atoms with Crippen LogP contribution in [0.15, 0.2) is 47.0 Å². The third-order valence-electron chi connectivity index (χ3n) is 4.35. The molecular weight excluding hydrogens is 432 g/mol. The average Bonchev–Trinajstić information content (AvgIpc) is 3.40. The molecule has 0 aliphatic rings. The van der Waals surface area contributed by atoms with Crippen molar-refractivity contribution in [2.75, 3.05) is 5.32 Å². The molecule has 1 amide bonds. The summed E-state index contributed by atoms with van der Waals surface area (Å²) in [5.41, 5.74) is 1.15. The predicted octanol–water partition coefficient (Wildman–Crippen LogP) is 4.22. The zero-order valence-electron chi connectivity index (χ0n) is 16.4. The van der Waals surface area contributed by atoms with Crippen LogP contribution in [0.2, 0.25) is 0 Å². The molecule has 0 fully saturated rings. The van der Waals surface area contributed by atoms with Crippen LogP contribution in [-0.2, 0) is 11.3 Å². The number of alkyl halides is 2. The molecule has 4 rings (SSSR count). The number of hydrogen-bond donors (Lipinski definition) is 1. The second kappa shape index (κ2) is 8.57. The van der Waals surface area contributed by atoms with Crippen molar-refractivity contribution < 1.29 is 26.8 Å². The van der Waals surface area contributed by atoms with Crippen LogP contribution in [0, 0.1) is 11.6 Å². The Morgan fingerprint density at radius 2 is 1.84 bits per heavy atom. The van der Waals surface area contributed by atoms with Gasteiger partial charge < -0.3 is 9.73 Å². The largest absolute Gasteiger partial charge is 0.415 e. The van der Waals surface area contributed by atoms with Crippen molar-refractivity contribution in [1.29, 1.82) is 0 Å². The van der Waals surface area contributed by atoms with Crippen molar-refractivity contribution in [2.24, 2.45) is 0 Å². The first kappa shape index (κ1) is 21.2. The maximum absolute atomic E-state index is 14.6. The lowest BCUT2D eigenvalue weighted by atomic mass is 10.1. The van der Waals surface area contributed by atoms with Gasteiger partial charge in [-0.15, -0.1) is 15.3 Å². The number of rotatable bonds is 6. The van der Waals surface area contributed by atoms with Crippen LogP contribution in [0.5, 0.6) is 0 Å². The summed E-state index contributed by atoms with van der Waals surface area (Å²) in [6.45, 7) is 1.11. The van der Waals surface area contributed by atoms with E-state index < -0.39 is 29.8 Å². The fourth-order valence-electron chi connectivity index (χ4n) is 2.95. The second-order valence-corrected chi connectivity index (χ2v) is 6.73. The molecule has 0 unspecified atom stereocenters. The summed E-state index contributed by atoms with van der Waals surface area (Å²) in [6.07, 6.45) is -1.50. The molecule has 0 radical (unpaired) electrons. The number of nitrogens with one attached hydrogen (secondary N) is 1. The number of amides is 1. The number of hydrogen-bond acceptors (Lipinski definition) is 6. The maximum Gasteiger partial charge on any atom is 0.314 e. The number of benzene rings is 2. The Morgan fingerprint density at radius 1 is 1.09 bits per heavy atom.